The number of nitrogens with zero attached hydrogens (tertiary/aromatic N) is 1. The number of hydrogen-bond donors (Lipinski definition) is 2. The Labute approximate surface area is 113 Å². The van der Waals surface area contributed by atoms with Crippen LogP contribution in [0.3, 0.4) is 0 Å². The van der Waals surface area contributed by atoms with Crippen LogP contribution in [0, 0.1) is 0 Å². The molecule has 1 aromatic rings. The van der Waals surface area contributed by atoms with Crippen molar-refractivity contribution in [2.24, 2.45) is 0 Å². The minimum Gasteiger partial charge on any atom is -0.376 e. The molecule has 1 aliphatic heterocycles. The molecule has 0 aromatic heterocycles. The molecule has 2 N–H and O–H groups in total. The number of anilines is 1. The first-order valence-corrected chi connectivity index (χ1v) is 6.54. The molecule has 0 aliphatic carbocycles. The maximum atomic E-state index is 12.1. The monoisotopic (exact) mass is 261 g/mol. The Bertz CT molecular complexity index is 450. The molecule has 5 heteroatoms. The van der Waals surface area contributed by atoms with Crippen molar-refractivity contribution in [3.05, 3.63) is 29.8 Å². The third-order valence-electron chi connectivity index (χ3n) is 3.26. The van der Waals surface area contributed by atoms with Gasteiger partial charge in [-0.1, -0.05) is 0 Å². The van der Waals surface area contributed by atoms with Crippen molar-refractivity contribution in [1.82, 2.24) is 10.2 Å². The van der Waals surface area contributed by atoms with Gasteiger partial charge in [0.2, 0.25) is 5.91 Å². The van der Waals surface area contributed by atoms with E-state index in [9.17, 15) is 9.59 Å². The molecule has 19 heavy (non-hydrogen) atoms. The van der Waals surface area contributed by atoms with Gasteiger partial charge in [-0.25, -0.2) is 0 Å². The van der Waals surface area contributed by atoms with E-state index in [4.69, 9.17) is 0 Å². The first kappa shape index (κ1) is 13.4. The second-order valence-electron chi connectivity index (χ2n) is 4.60. The first-order chi connectivity index (χ1) is 9.20. The van der Waals surface area contributed by atoms with E-state index < -0.39 is 0 Å². The molecule has 0 atom stereocenters. The molecule has 0 spiro atoms. The fourth-order valence-electron chi connectivity index (χ4n) is 2.10. The van der Waals surface area contributed by atoms with Crippen LogP contribution in [0.4, 0.5) is 5.69 Å². The van der Waals surface area contributed by atoms with Gasteiger partial charge in [0.25, 0.3) is 5.91 Å². The van der Waals surface area contributed by atoms with Crippen LogP contribution in [0.5, 0.6) is 0 Å². The van der Waals surface area contributed by atoms with E-state index in [1.807, 2.05) is 17.0 Å². The minimum absolute atomic E-state index is 0.0720. The van der Waals surface area contributed by atoms with Crippen molar-refractivity contribution < 1.29 is 9.59 Å². The van der Waals surface area contributed by atoms with Crippen LogP contribution in [0.15, 0.2) is 24.3 Å². The van der Waals surface area contributed by atoms with Crippen molar-refractivity contribution >= 4 is 17.5 Å². The standard InChI is InChI=1S/C14H19N3O2/c1-15-13(18)10-16-12-6-4-11(5-7-12)14(19)17-8-2-3-9-17/h4-7,16H,2-3,8-10H2,1H3,(H,15,18). The molecule has 1 fully saturated rings. The van der Waals surface area contributed by atoms with Crippen molar-refractivity contribution in [2.45, 2.75) is 12.8 Å². The van der Waals surface area contributed by atoms with Crippen molar-refractivity contribution in [3.63, 3.8) is 0 Å². The number of benzene rings is 1. The van der Waals surface area contributed by atoms with Crippen LogP contribution in [-0.2, 0) is 4.79 Å². The Morgan fingerprint density at radius 3 is 2.37 bits per heavy atom. The second-order valence-corrected chi connectivity index (χ2v) is 4.60. The van der Waals surface area contributed by atoms with Crippen LogP contribution in [0.25, 0.3) is 0 Å². The number of hydrogen-bond acceptors (Lipinski definition) is 3. The lowest BCUT2D eigenvalue weighted by molar-refractivity contribution is -0.118. The minimum atomic E-state index is -0.0720. The topological polar surface area (TPSA) is 61.4 Å². The Balaban J connectivity index is 1.94. The lowest BCUT2D eigenvalue weighted by Crippen LogP contribution is -2.27. The van der Waals surface area contributed by atoms with E-state index in [-0.39, 0.29) is 18.4 Å². The molecule has 1 saturated heterocycles. The Hall–Kier alpha value is -2.04. The number of amides is 2. The van der Waals surface area contributed by atoms with Gasteiger partial charge in [0.15, 0.2) is 0 Å². The molecular weight excluding hydrogens is 242 g/mol. The molecular formula is C14H19N3O2. The normalized spacial score (nSPS) is 14.3. The van der Waals surface area contributed by atoms with Crippen molar-refractivity contribution in [3.8, 4) is 0 Å². The molecule has 102 valence electrons. The second kappa shape index (κ2) is 6.22. The molecule has 2 amide bonds. The van der Waals surface area contributed by atoms with Gasteiger partial charge in [0.05, 0.1) is 6.54 Å². The maximum Gasteiger partial charge on any atom is 0.253 e. The summed E-state index contributed by atoms with van der Waals surface area (Å²) in [7, 11) is 1.60. The van der Waals surface area contributed by atoms with E-state index in [0.29, 0.717) is 5.56 Å². The van der Waals surface area contributed by atoms with Gasteiger partial charge in [-0.3, -0.25) is 9.59 Å². The summed E-state index contributed by atoms with van der Waals surface area (Å²) in [6.45, 7) is 1.95. The van der Waals surface area contributed by atoms with Crippen LogP contribution >= 0.6 is 0 Å². The zero-order chi connectivity index (χ0) is 13.7. The summed E-state index contributed by atoms with van der Waals surface area (Å²) in [4.78, 5) is 25.1. The van der Waals surface area contributed by atoms with Gasteiger partial charge in [-0.05, 0) is 37.1 Å². The average molecular weight is 261 g/mol. The predicted molar refractivity (Wildman–Crippen MR) is 74.1 cm³/mol. The zero-order valence-corrected chi connectivity index (χ0v) is 11.1. The summed E-state index contributed by atoms with van der Waals surface area (Å²) >= 11 is 0. The van der Waals surface area contributed by atoms with E-state index in [2.05, 4.69) is 10.6 Å². The van der Waals surface area contributed by atoms with Gasteiger partial charge >= 0.3 is 0 Å². The average Bonchev–Trinajstić information content (AvgIpc) is 2.98. The van der Waals surface area contributed by atoms with Crippen LogP contribution in [-0.4, -0.2) is 43.4 Å². The number of nitrogens with one attached hydrogen (secondary N) is 2. The summed E-state index contributed by atoms with van der Waals surface area (Å²) in [6.07, 6.45) is 2.19. The highest BCUT2D eigenvalue weighted by Gasteiger charge is 2.18. The predicted octanol–water partition coefficient (Wildman–Crippen LogP) is 1.08. The number of carbonyl (C=O) groups excluding carboxylic acids is 2. The van der Waals surface area contributed by atoms with Crippen LogP contribution in [0.2, 0.25) is 0 Å². The third kappa shape index (κ3) is 3.47. The summed E-state index contributed by atoms with van der Waals surface area (Å²) in [5.74, 6) is 0.0209. The largest absolute Gasteiger partial charge is 0.376 e. The van der Waals surface area contributed by atoms with Crippen LogP contribution < -0.4 is 10.6 Å². The van der Waals surface area contributed by atoms with E-state index in [1.165, 1.54) is 0 Å². The van der Waals surface area contributed by atoms with Crippen LogP contribution in [0.1, 0.15) is 23.2 Å². The first-order valence-electron chi connectivity index (χ1n) is 6.54. The van der Waals surface area contributed by atoms with Gasteiger partial charge < -0.3 is 15.5 Å². The molecule has 0 radical (unpaired) electrons. The highest BCUT2D eigenvalue weighted by Crippen LogP contribution is 2.15. The molecule has 2 rings (SSSR count). The highest BCUT2D eigenvalue weighted by molar-refractivity contribution is 5.94. The van der Waals surface area contributed by atoms with Crippen molar-refractivity contribution in [1.29, 1.82) is 0 Å². The third-order valence-corrected chi connectivity index (χ3v) is 3.26. The van der Waals surface area contributed by atoms with Gasteiger partial charge in [-0.2, -0.15) is 0 Å². The lowest BCUT2D eigenvalue weighted by Gasteiger charge is -2.15. The Morgan fingerprint density at radius 1 is 1.16 bits per heavy atom. The number of likely N-dealkylation sites (tertiary alicyclic amines) is 1. The molecule has 1 heterocycles. The molecule has 0 saturated carbocycles. The SMILES string of the molecule is CNC(=O)CNc1ccc(C(=O)N2CCCC2)cc1. The summed E-state index contributed by atoms with van der Waals surface area (Å²) in [5, 5.41) is 5.53. The smallest absolute Gasteiger partial charge is 0.253 e. The fraction of sp³-hybridized carbons (Fsp3) is 0.429. The molecule has 5 nitrogen and oxygen atoms in total. The molecule has 1 aliphatic rings. The van der Waals surface area contributed by atoms with Gasteiger partial charge in [0, 0.05) is 31.4 Å². The van der Waals surface area contributed by atoms with Crippen molar-refractivity contribution in [2.75, 3.05) is 32.0 Å². The Kier molecular flexibility index (Phi) is 4.39. The molecule has 0 bridgehead atoms. The quantitative estimate of drug-likeness (QED) is 0.852. The summed E-state index contributed by atoms with van der Waals surface area (Å²) < 4.78 is 0. The van der Waals surface area contributed by atoms with E-state index >= 15 is 0 Å². The fourth-order valence-corrected chi connectivity index (χ4v) is 2.10. The van der Waals surface area contributed by atoms with Gasteiger partial charge in [0.1, 0.15) is 0 Å². The van der Waals surface area contributed by atoms with E-state index in [1.54, 1.807) is 19.2 Å². The summed E-state index contributed by atoms with van der Waals surface area (Å²) in [5.41, 5.74) is 1.54. The maximum absolute atomic E-state index is 12.1. The van der Waals surface area contributed by atoms with Gasteiger partial charge in [-0.15, -0.1) is 0 Å². The molecule has 0 unspecified atom stereocenters. The number of carbonyl (C=O) groups is 2. The summed E-state index contributed by atoms with van der Waals surface area (Å²) in [6, 6.07) is 7.25. The Morgan fingerprint density at radius 2 is 1.79 bits per heavy atom. The number of likely N-dealkylation sites (N-methyl/N-ethyl adjacent to an activating group) is 1. The highest BCUT2D eigenvalue weighted by atomic mass is 16.2. The number of rotatable bonds is 4. The van der Waals surface area contributed by atoms with E-state index in [0.717, 1.165) is 31.6 Å². The zero-order valence-electron chi connectivity index (χ0n) is 11.1. The lowest BCUT2D eigenvalue weighted by atomic mass is 10.2. The molecule has 1 aromatic carbocycles.